The van der Waals surface area contributed by atoms with Crippen LogP contribution in [0, 0.1) is 37.5 Å². The minimum absolute atomic E-state index is 0.0175. The fourth-order valence-corrected chi connectivity index (χ4v) is 1.48. The summed E-state index contributed by atoms with van der Waals surface area (Å²) in [4.78, 5) is 17.6. The van der Waals surface area contributed by atoms with Gasteiger partial charge in [-0.3, -0.25) is 9.78 Å². The molecule has 4 nitrogen and oxygen atoms in total. The van der Waals surface area contributed by atoms with Gasteiger partial charge in [0.25, 0.3) is 5.91 Å². The van der Waals surface area contributed by atoms with Gasteiger partial charge in [0.1, 0.15) is 6.54 Å². The number of carbonyl (C=O) groups is 1. The van der Waals surface area contributed by atoms with E-state index < -0.39 is 0 Å². The molecule has 0 spiro atoms. The monoisotopic (exact) mass is 227 g/mol. The summed E-state index contributed by atoms with van der Waals surface area (Å²) in [7, 11) is 0. The zero-order chi connectivity index (χ0) is 12.8. The maximum absolute atomic E-state index is 12.1. The van der Waals surface area contributed by atoms with E-state index in [4.69, 9.17) is 11.7 Å². The second-order valence-electron chi connectivity index (χ2n) is 3.61. The van der Waals surface area contributed by atoms with Crippen molar-refractivity contribution in [2.24, 2.45) is 0 Å². The Labute approximate surface area is 101 Å². The number of rotatable bonds is 3. The molecule has 0 saturated carbocycles. The molecular weight excluding hydrogens is 214 g/mol. The van der Waals surface area contributed by atoms with E-state index in [1.807, 2.05) is 13.0 Å². The number of pyridine rings is 1. The normalized spacial score (nSPS) is 9.18. The van der Waals surface area contributed by atoms with Crippen LogP contribution in [0.25, 0.3) is 0 Å². The molecule has 17 heavy (non-hydrogen) atoms. The second kappa shape index (κ2) is 5.67. The van der Waals surface area contributed by atoms with Gasteiger partial charge in [-0.1, -0.05) is 5.92 Å². The van der Waals surface area contributed by atoms with Crippen LogP contribution in [0.3, 0.4) is 0 Å². The molecular formula is C13H13N3O. The van der Waals surface area contributed by atoms with Crippen LogP contribution in [0.4, 0.5) is 0 Å². The van der Waals surface area contributed by atoms with Crippen molar-refractivity contribution in [2.45, 2.75) is 13.8 Å². The Morgan fingerprint density at radius 1 is 1.47 bits per heavy atom. The van der Waals surface area contributed by atoms with Gasteiger partial charge >= 0.3 is 0 Å². The summed E-state index contributed by atoms with van der Waals surface area (Å²) < 4.78 is 0. The van der Waals surface area contributed by atoms with Crippen molar-refractivity contribution in [1.82, 2.24) is 9.88 Å². The summed E-state index contributed by atoms with van der Waals surface area (Å²) in [5, 5.41) is 8.64. The molecule has 1 amide bonds. The highest BCUT2D eigenvalue weighted by Gasteiger charge is 2.17. The van der Waals surface area contributed by atoms with Crippen molar-refractivity contribution in [1.29, 1.82) is 5.26 Å². The lowest BCUT2D eigenvalue weighted by Crippen LogP contribution is -2.32. The van der Waals surface area contributed by atoms with Gasteiger partial charge in [-0.25, -0.2) is 0 Å². The first-order chi connectivity index (χ1) is 8.10. The van der Waals surface area contributed by atoms with E-state index in [0.717, 1.165) is 5.69 Å². The third-order valence-corrected chi connectivity index (χ3v) is 2.29. The molecule has 1 heterocycles. The smallest absolute Gasteiger partial charge is 0.257 e. The van der Waals surface area contributed by atoms with E-state index >= 15 is 0 Å². The lowest BCUT2D eigenvalue weighted by molar-refractivity contribution is 0.0794. The average molecular weight is 227 g/mol. The molecule has 0 fully saturated rings. The fraction of sp³-hybridized carbons (Fsp3) is 0.308. The first-order valence-corrected chi connectivity index (χ1v) is 5.14. The van der Waals surface area contributed by atoms with Crippen LogP contribution in [0.1, 0.15) is 21.7 Å². The van der Waals surface area contributed by atoms with Gasteiger partial charge in [-0.15, -0.1) is 6.42 Å². The Morgan fingerprint density at radius 3 is 2.71 bits per heavy atom. The van der Waals surface area contributed by atoms with E-state index in [0.29, 0.717) is 11.3 Å². The Morgan fingerprint density at radius 2 is 2.18 bits per heavy atom. The van der Waals surface area contributed by atoms with Crippen molar-refractivity contribution < 1.29 is 4.79 Å². The largest absolute Gasteiger partial charge is 0.314 e. The van der Waals surface area contributed by atoms with Crippen molar-refractivity contribution in [3.8, 4) is 18.4 Å². The Kier molecular flexibility index (Phi) is 4.25. The quantitative estimate of drug-likeness (QED) is 0.577. The highest BCUT2D eigenvalue weighted by molar-refractivity contribution is 5.95. The minimum atomic E-state index is -0.255. The average Bonchev–Trinajstić information content (AvgIpc) is 2.28. The number of aryl methyl sites for hydroxylation is 2. The first kappa shape index (κ1) is 12.7. The topological polar surface area (TPSA) is 57.0 Å². The standard InChI is InChI=1S/C13H13N3O/c1-4-8-16(9-7-14)13(17)12-6-5-10(2)15-11(12)3/h1,5-6H,8-9H2,2-3H3. The van der Waals surface area contributed by atoms with Crippen LogP contribution in [-0.4, -0.2) is 28.9 Å². The summed E-state index contributed by atoms with van der Waals surface area (Å²) in [6, 6.07) is 5.40. The van der Waals surface area contributed by atoms with Gasteiger partial charge in [0, 0.05) is 5.69 Å². The third-order valence-electron chi connectivity index (χ3n) is 2.29. The maximum atomic E-state index is 12.1. The summed E-state index contributed by atoms with van der Waals surface area (Å²) in [5.74, 6) is 2.11. The SMILES string of the molecule is C#CCN(CC#N)C(=O)c1ccc(C)nc1C. The van der Waals surface area contributed by atoms with Gasteiger partial charge in [-0.05, 0) is 26.0 Å². The number of carbonyl (C=O) groups excluding carboxylic acids is 1. The highest BCUT2D eigenvalue weighted by atomic mass is 16.2. The molecule has 0 aliphatic carbocycles. The van der Waals surface area contributed by atoms with Crippen LogP contribution >= 0.6 is 0 Å². The molecule has 1 aromatic rings. The van der Waals surface area contributed by atoms with Crippen LogP contribution < -0.4 is 0 Å². The molecule has 0 bridgehead atoms. The summed E-state index contributed by atoms with van der Waals surface area (Å²) >= 11 is 0. The van der Waals surface area contributed by atoms with E-state index in [2.05, 4.69) is 10.9 Å². The summed E-state index contributed by atoms with van der Waals surface area (Å²) in [6.07, 6.45) is 5.17. The first-order valence-electron chi connectivity index (χ1n) is 5.14. The van der Waals surface area contributed by atoms with Crippen LogP contribution in [-0.2, 0) is 0 Å². The number of hydrogen-bond donors (Lipinski definition) is 0. The van der Waals surface area contributed by atoms with Gasteiger partial charge in [-0.2, -0.15) is 5.26 Å². The van der Waals surface area contributed by atoms with E-state index in [9.17, 15) is 4.79 Å². The van der Waals surface area contributed by atoms with Crippen molar-refractivity contribution in [3.63, 3.8) is 0 Å². The molecule has 0 atom stereocenters. The van der Waals surface area contributed by atoms with Gasteiger partial charge in [0.15, 0.2) is 0 Å². The second-order valence-corrected chi connectivity index (χ2v) is 3.61. The number of aromatic nitrogens is 1. The minimum Gasteiger partial charge on any atom is -0.314 e. The molecule has 1 aromatic heterocycles. The molecule has 1 rings (SSSR count). The molecule has 4 heteroatoms. The molecule has 0 aliphatic heterocycles. The van der Waals surface area contributed by atoms with Gasteiger partial charge < -0.3 is 4.90 Å². The van der Waals surface area contributed by atoms with E-state index in [-0.39, 0.29) is 19.0 Å². The van der Waals surface area contributed by atoms with Crippen LogP contribution in [0.15, 0.2) is 12.1 Å². The number of hydrogen-bond acceptors (Lipinski definition) is 3. The maximum Gasteiger partial charge on any atom is 0.257 e. The zero-order valence-electron chi connectivity index (χ0n) is 9.90. The predicted octanol–water partition coefficient (Wildman–Crippen LogP) is 1.30. The molecule has 86 valence electrons. The number of terminal acetylenes is 1. The fourth-order valence-electron chi connectivity index (χ4n) is 1.48. The number of amides is 1. The molecule has 0 radical (unpaired) electrons. The molecule has 0 saturated heterocycles. The van der Waals surface area contributed by atoms with Gasteiger partial charge in [0.2, 0.25) is 0 Å². The number of nitriles is 1. The molecule has 0 N–H and O–H groups in total. The zero-order valence-corrected chi connectivity index (χ0v) is 9.90. The Balaban J connectivity index is 3.02. The summed E-state index contributed by atoms with van der Waals surface area (Å²) in [6.45, 7) is 3.73. The highest BCUT2D eigenvalue weighted by Crippen LogP contribution is 2.09. The third kappa shape index (κ3) is 3.06. The van der Waals surface area contributed by atoms with Crippen LogP contribution in [0.5, 0.6) is 0 Å². The van der Waals surface area contributed by atoms with E-state index in [1.165, 1.54) is 4.90 Å². The van der Waals surface area contributed by atoms with Crippen molar-refractivity contribution >= 4 is 5.91 Å². The number of nitrogens with zero attached hydrogens (tertiary/aromatic N) is 3. The lowest BCUT2D eigenvalue weighted by Gasteiger charge is -2.17. The molecule has 0 aromatic carbocycles. The van der Waals surface area contributed by atoms with E-state index in [1.54, 1.807) is 19.1 Å². The summed E-state index contributed by atoms with van der Waals surface area (Å²) in [5.41, 5.74) is 1.99. The van der Waals surface area contributed by atoms with Crippen LogP contribution in [0.2, 0.25) is 0 Å². The van der Waals surface area contributed by atoms with Crippen molar-refractivity contribution in [2.75, 3.05) is 13.1 Å². The molecule has 0 aliphatic rings. The van der Waals surface area contributed by atoms with Crippen molar-refractivity contribution in [3.05, 3.63) is 29.1 Å². The van der Waals surface area contributed by atoms with Gasteiger partial charge in [0.05, 0.1) is 23.9 Å². The lowest BCUT2D eigenvalue weighted by atomic mass is 10.1. The molecule has 0 unspecified atom stereocenters. The predicted molar refractivity (Wildman–Crippen MR) is 64.1 cm³/mol. The Hall–Kier alpha value is -2.33. The Bertz CT molecular complexity index is 492.